The molecule has 0 radical (unpaired) electrons. The van der Waals surface area contributed by atoms with Crippen LogP contribution in [0.5, 0.6) is 0 Å². The molecule has 2 rings (SSSR count). The number of nitrogens with zero attached hydrogens (tertiary/aromatic N) is 2. The van der Waals surface area contributed by atoms with Crippen LogP contribution < -0.4 is 0 Å². The summed E-state index contributed by atoms with van der Waals surface area (Å²) in [7, 11) is 0. The van der Waals surface area contributed by atoms with Crippen molar-refractivity contribution in [3.63, 3.8) is 0 Å². The third-order valence-corrected chi connectivity index (χ3v) is 2.74. The van der Waals surface area contributed by atoms with Gasteiger partial charge in [0.25, 0.3) is 11.8 Å². The summed E-state index contributed by atoms with van der Waals surface area (Å²) in [4.78, 5) is 29.2. The highest BCUT2D eigenvalue weighted by Gasteiger charge is 2.39. The van der Waals surface area contributed by atoms with Crippen LogP contribution in [-0.4, -0.2) is 27.7 Å². The number of hydrogen-bond donors (Lipinski definition) is 0. The number of pyridine rings is 1. The minimum atomic E-state index is -0.478. The Hall–Kier alpha value is -2.15. The Labute approximate surface area is 99.6 Å². The van der Waals surface area contributed by atoms with Gasteiger partial charge in [-0.05, 0) is 18.6 Å². The average Bonchev–Trinajstić information content (AvgIpc) is 2.61. The standard InChI is InChI=1S/C13H12N2O2/c1-3-6-9(4-2)15-12(16)10-7-5-8-14-11(10)13(15)17/h2,5,7-9H,3,6H2,1H3. The zero-order valence-electron chi connectivity index (χ0n) is 9.51. The van der Waals surface area contributed by atoms with E-state index < -0.39 is 6.04 Å². The molecular weight excluding hydrogens is 216 g/mol. The van der Waals surface area contributed by atoms with Crippen molar-refractivity contribution in [1.82, 2.24) is 9.88 Å². The maximum atomic E-state index is 12.1. The quantitative estimate of drug-likeness (QED) is 0.581. The zero-order chi connectivity index (χ0) is 12.4. The van der Waals surface area contributed by atoms with E-state index in [-0.39, 0.29) is 17.5 Å². The third kappa shape index (κ3) is 1.70. The van der Waals surface area contributed by atoms with Gasteiger partial charge in [-0.3, -0.25) is 19.5 Å². The fourth-order valence-electron chi connectivity index (χ4n) is 1.93. The maximum absolute atomic E-state index is 12.1. The summed E-state index contributed by atoms with van der Waals surface area (Å²) in [5.74, 6) is 1.77. The van der Waals surface area contributed by atoms with Crippen molar-refractivity contribution in [1.29, 1.82) is 0 Å². The summed E-state index contributed by atoms with van der Waals surface area (Å²) < 4.78 is 0. The fraction of sp³-hybridized carbons (Fsp3) is 0.308. The number of aromatic nitrogens is 1. The lowest BCUT2D eigenvalue weighted by Crippen LogP contribution is -2.39. The summed E-state index contributed by atoms with van der Waals surface area (Å²) >= 11 is 0. The van der Waals surface area contributed by atoms with E-state index in [4.69, 9.17) is 6.42 Å². The van der Waals surface area contributed by atoms with Crippen molar-refractivity contribution in [2.24, 2.45) is 0 Å². The van der Waals surface area contributed by atoms with Crippen LogP contribution in [0.25, 0.3) is 0 Å². The fourth-order valence-corrected chi connectivity index (χ4v) is 1.93. The molecule has 0 aliphatic carbocycles. The van der Waals surface area contributed by atoms with E-state index in [2.05, 4.69) is 10.9 Å². The molecule has 0 saturated carbocycles. The van der Waals surface area contributed by atoms with Crippen LogP contribution in [0.1, 0.15) is 40.6 Å². The van der Waals surface area contributed by atoms with E-state index >= 15 is 0 Å². The van der Waals surface area contributed by atoms with Gasteiger partial charge in [-0.2, -0.15) is 0 Å². The smallest absolute Gasteiger partial charge is 0.268 e. The number of imide groups is 1. The van der Waals surface area contributed by atoms with Crippen LogP contribution in [0.4, 0.5) is 0 Å². The van der Waals surface area contributed by atoms with Gasteiger partial charge in [-0.1, -0.05) is 19.3 Å². The van der Waals surface area contributed by atoms with E-state index in [1.165, 1.54) is 6.20 Å². The molecule has 1 atom stereocenters. The number of carbonyl (C=O) groups excluding carboxylic acids is 2. The predicted octanol–water partition coefficient (Wildman–Crippen LogP) is 1.48. The first kappa shape index (κ1) is 11.3. The Kier molecular flexibility index (Phi) is 2.92. The molecule has 1 aliphatic rings. The molecule has 1 aromatic heterocycles. The first-order valence-electron chi connectivity index (χ1n) is 5.49. The second kappa shape index (κ2) is 4.38. The van der Waals surface area contributed by atoms with Crippen molar-refractivity contribution in [2.45, 2.75) is 25.8 Å². The van der Waals surface area contributed by atoms with Gasteiger partial charge < -0.3 is 0 Å². The summed E-state index contributed by atoms with van der Waals surface area (Å²) in [6, 6.07) is 2.76. The van der Waals surface area contributed by atoms with Gasteiger partial charge in [0.1, 0.15) is 11.7 Å². The molecule has 2 heterocycles. The number of rotatable bonds is 3. The van der Waals surface area contributed by atoms with Crippen LogP contribution in [0.3, 0.4) is 0 Å². The van der Waals surface area contributed by atoms with E-state index in [0.717, 1.165) is 11.3 Å². The minimum absolute atomic E-state index is 0.203. The molecule has 4 nitrogen and oxygen atoms in total. The van der Waals surface area contributed by atoms with Crippen molar-refractivity contribution < 1.29 is 9.59 Å². The maximum Gasteiger partial charge on any atom is 0.281 e. The van der Waals surface area contributed by atoms with Crippen LogP contribution in [0, 0.1) is 12.3 Å². The van der Waals surface area contributed by atoms with Crippen LogP contribution >= 0.6 is 0 Å². The Balaban J connectivity index is 2.39. The Morgan fingerprint density at radius 1 is 1.47 bits per heavy atom. The third-order valence-electron chi connectivity index (χ3n) is 2.74. The number of terminal acetylenes is 1. The van der Waals surface area contributed by atoms with Gasteiger partial charge >= 0.3 is 0 Å². The second-order valence-electron chi connectivity index (χ2n) is 3.85. The Bertz CT molecular complexity index is 481. The Morgan fingerprint density at radius 2 is 2.24 bits per heavy atom. The molecule has 1 unspecified atom stereocenters. The summed E-state index contributed by atoms with van der Waals surface area (Å²) in [5.41, 5.74) is 0.544. The van der Waals surface area contributed by atoms with Crippen LogP contribution in [0.15, 0.2) is 18.3 Å². The lowest BCUT2D eigenvalue weighted by atomic mass is 10.1. The van der Waals surface area contributed by atoms with E-state index in [1.54, 1.807) is 12.1 Å². The molecule has 4 heteroatoms. The number of amides is 2. The topological polar surface area (TPSA) is 50.3 Å². The van der Waals surface area contributed by atoms with E-state index in [9.17, 15) is 9.59 Å². The summed E-state index contributed by atoms with van der Waals surface area (Å²) in [6.45, 7) is 1.96. The van der Waals surface area contributed by atoms with Crippen molar-refractivity contribution in [3.05, 3.63) is 29.6 Å². The SMILES string of the molecule is C#CC(CCC)N1C(=O)c2cccnc2C1=O. The molecule has 0 aromatic carbocycles. The molecule has 0 bridgehead atoms. The van der Waals surface area contributed by atoms with Gasteiger partial charge in [0.05, 0.1) is 5.56 Å². The predicted molar refractivity (Wildman–Crippen MR) is 62.3 cm³/mol. The monoisotopic (exact) mass is 228 g/mol. The second-order valence-corrected chi connectivity index (χ2v) is 3.85. The first-order chi connectivity index (χ1) is 8.20. The average molecular weight is 228 g/mol. The molecule has 0 saturated heterocycles. The summed E-state index contributed by atoms with van der Waals surface area (Å²) in [6.07, 6.45) is 8.31. The van der Waals surface area contributed by atoms with Gasteiger partial charge in [0.15, 0.2) is 0 Å². The molecule has 1 aromatic rings. The largest absolute Gasteiger partial charge is 0.281 e. The van der Waals surface area contributed by atoms with Gasteiger partial charge in [0.2, 0.25) is 0 Å². The van der Waals surface area contributed by atoms with Crippen molar-refractivity contribution in [3.8, 4) is 12.3 Å². The highest BCUT2D eigenvalue weighted by molar-refractivity contribution is 6.20. The Morgan fingerprint density at radius 3 is 2.82 bits per heavy atom. The molecule has 0 fully saturated rings. The molecular formula is C13H12N2O2. The highest BCUT2D eigenvalue weighted by atomic mass is 16.2. The summed E-state index contributed by atoms with van der Waals surface area (Å²) in [5, 5.41) is 0. The lowest BCUT2D eigenvalue weighted by Gasteiger charge is -2.20. The van der Waals surface area contributed by atoms with Gasteiger partial charge in [-0.25, -0.2) is 0 Å². The number of hydrogen-bond acceptors (Lipinski definition) is 3. The molecule has 0 spiro atoms. The minimum Gasteiger partial charge on any atom is -0.268 e. The normalized spacial score (nSPS) is 15.6. The van der Waals surface area contributed by atoms with Crippen LogP contribution in [-0.2, 0) is 0 Å². The lowest BCUT2D eigenvalue weighted by molar-refractivity contribution is 0.0613. The zero-order valence-corrected chi connectivity index (χ0v) is 9.51. The van der Waals surface area contributed by atoms with Gasteiger partial charge in [0, 0.05) is 6.20 Å². The molecule has 1 aliphatic heterocycles. The highest BCUT2D eigenvalue weighted by Crippen LogP contribution is 2.23. The van der Waals surface area contributed by atoms with E-state index in [1.807, 2.05) is 6.92 Å². The van der Waals surface area contributed by atoms with E-state index in [0.29, 0.717) is 12.0 Å². The first-order valence-corrected chi connectivity index (χ1v) is 5.49. The van der Waals surface area contributed by atoms with Crippen LogP contribution in [0.2, 0.25) is 0 Å². The van der Waals surface area contributed by atoms with Crippen molar-refractivity contribution >= 4 is 11.8 Å². The molecule has 2 amide bonds. The molecule has 0 N–H and O–H groups in total. The number of fused-ring (bicyclic) bond motifs is 1. The molecule has 17 heavy (non-hydrogen) atoms. The van der Waals surface area contributed by atoms with Crippen molar-refractivity contribution in [2.75, 3.05) is 0 Å². The molecule has 86 valence electrons. The van der Waals surface area contributed by atoms with Gasteiger partial charge in [-0.15, -0.1) is 6.42 Å². The number of carbonyl (C=O) groups is 2.